The van der Waals surface area contributed by atoms with Crippen molar-refractivity contribution in [3.05, 3.63) is 65.2 Å². The Morgan fingerprint density at radius 2 is 1.73 bits per heavy atom. The van der Waals surface area contributed by atoms with Gasteiger partial charge in [-0.3, -0.25) is 0 Å². The van der Waals surface area contributed by atoms with Crippen molar-refractivity contribution in [2.75, 3.05) is 0 Å². The minimum atomic E-state index is -4.47. The minimum Gasteiger partial charge on any atom is -0.489 e. The van der Waals surface area contributed by atoms with Gasteiger partial charge in [-0.2, -0.15) is 13.2 Å². The lowest BCUT2D eigenvalue weighted by Gasteiger charge is -2.23. The first-order chi connectivity index (χ1) is 12.0. The first-order valence-corrected chi connectivity index (χ1v) is 8.94. The maximum Gasteiger partial charge on any atom is 0.416 e. The zero-order valence-electron chi connectivity index (χ0n) is 14.9. The van der Waals surface area contributed by atoms with Crippen molar-refractivity contribution in [1.82, 2.24) is 4.72 Å². The van der Waals surface area contributed by atoms with Gasteiger partial charge in [0.05, 0.1) is 11.7 Å². The van der Waals surface area contributed by atoms with Gasteiger partial charge in [0.15, 0.2) is 0 Å². The lowest BCUT2D eigenvalue weighted by atomic mass is 10.1. The molecule has 2 rings (SSSR count). The summed E-state index contributed by atoms with van der Waals surface area (Å²) in [6, 6.07) is 12.8. The number of hydrogen-bond donors (Lipinski definition) is 2. The van der Waals surface area contributed by atoms with Crippen LogP contribution in [0.3, 0.4) is 0 Å². The zero-order chi connectivity index (χ0) is 19.4. The summed E-state index contributed by atoms with van der Waals surface area (Å²) in [5, 5.41) is 0. The Hall–Kier alpha value is -1.70. The van der Waals surface area contributed by atoms with Gasteiger partial charge >= 0.3 is 6.18 Å². The van der Waals surface area contributed by atoms with Gasteiger partial charge in [0.2, 0.25) is 0 Å². The fourth-order valence-corrected chi connectivity index (χ4v) is 2.71. The van der Waals surface area contributed by atoms with E-state index in [0.717, 1.165) is 17.7 Å². The van der Waals surface area contributed by atoms with Crippen molar-refractivity contribution >= 4 is 11.9 Å². The first kappa shape index (κ1) is 20.6. The summed E-state index contributed by atoms with van der Waals surface area (Å²) >= 11 is 1.37. The van der Waals surface area contributed by atoms with Crippen LogP contribution in [0.2, 0.25) is 0 Å². The standard InChI is InChI=1S/C19H23F3N2OS/c1-18(2,3)26-24-17(23)14-9-15(19(20,21)22)11-16(10-14)25-12-13-7-5-4-6-8-13/h4-11,17,24H,12,23H2,1-3H3/t17-/m0/s1. The molecule has 0 aliphatic carbocycles. The lowest BCUT2D eigenvalue weighted by molar-refractivity contribution is -0.137. The van der Waals surface area contributed by atoms with Crippen molar-refractivity contribution < 1.29 is 17.9 Å². The van der Waals surface area contributed by atoms with Gasteiger partial charge < -0.3 is 10.5 Å². The minimum absolute atomic E-state index is 0.119. The van der Waals surface area contributed by atoms with E-state index in [1.165, 1.54) is 11.9 Å². The highest BCUT2D eigenvalue weighted by Crippen LogP contribution is 2.34. The largest absolute Gasteiger partial charge is 0.489 e. The Labute approximate surface area is 156 Å². The van der Waals surface area contributed by atoms with E-state index in [4.69, 9.17) is 10.5 Å². The molecule has 0 heterocycles. The number of hydrogen-bond acceptors (Lipinski definition) is 4. The second-order valence-electron chi connectivity index (χ2n) is 6.87. The maximum atomic E-state index is 13.2. The Kier molecular flexibility index (Phi) is 6.60. The van der Waals surface area contributed by atoms with Gasteiger partial charge in [0, 0.05) is 4.75 Å². The molecule has 0 aliphatic heterocycles. The van der Waals surface area contributed by atoms with Gasteiger partial charge in [-0.05, 0) is 50.1 Å². The van der Waals surface area contributed by atoms with E-state index in [1.807, 2.05) is 51.1 Å². The second kappa shape index (κ2) is 8.33. The number of nitrogens with one attached hydrogen (secondary N) is 1. The third-order valence-corrected chi connectivity index (χ3v) is 4.34. The average Bonchev–Trinajstić information content (AvgIpc) is 2.57. The predicted octanol–water partition coefficient (Wildman–Crippen LogP) is 5.28. The monoisotopic (exact) mass is 384 g/mol. The van der Waals surface area contributed by atoms with Gasteiger partial charge in [-0.15, -0.1) is 0 Å². The molecule has 0 spiro atoms. The molecule has 0 unspecified atom stereocenters. The predicted molar refractivity (Wildman–Crippen MR) is 99.6 cm³/mol. The van der Waals surface area contributed by atoms with Crippen LogP contribution in [0.1, 0.15) is 43.6 Å². The van der Waals surface area contributed by atoms with E-state index in [2.05, 4.69) is 4.72 Å². The van der Waals surface area contributed by atoms with E-state index >= 15 is 0 Å². The normalized spacial score (nSPS) is 13.5. The Morgan fingerprint density at radius 1 is 1.08 bits per heavy atom. The molecule has 0 amide bonds. The molecule has 142 valence electrons. The molecule has 26 heavy (non-hydrogen) atoms. The molecular formula is C19H23F3N2OS. The molecule has 0 bridgehead atoms. The van der Waals surface area contributed by atoms with Crippen LogP contribution in [0.15, 0.2) is 48.5 Å². The number of rotatable bonds is 6. The summed E-state index contributed by atoms with van der Waals surface area (Å²) in [6.45, 7) is 6.13. The van der Waals surface area contributed by atoms with Crippen LogP contribution in [-0.4, -0.2) is 4.75 Å². The molecule has 1 atom stereocenters. The van der Waals surface area contributed by atoms with Crippen LogP contribution in [0.25, 0.3) is 0 Å². The molecule has 0 saturated carbocycles. The smallest absolute Gasteiger partial charge is 0.416 e. The second-order valence-corrected chi connectivity index (χ2v) is 8.54. The molecule has 3 N–H and O–H groups in total. The van der Waals surface area contributed by atoms with Crippen molar-refractivity contribution in [3.63, 3.8) is 0 Å². The van der Waals surface area contributed by atoms with Gasteiger partial charge in [-0.25, -0.2) is 4.72 Å². The molecule has 0 aromatic heterocycles. The zero-order valence-corrected chi connectivity index (χ0v) is 15.7. The van der Waals surface area contributed by atoms with Crippen molar-refractivity contribution in [2.45, 2.75) is 44.5 Å². The number of ether oxygens (including phenoxy) is 1. The van der Waals surface area contributed by atoms with Gasteiger partial charge in [0.1, 0.15) is 12.4 Å². The highest BCUT2D eigenvalue weighted by molar-refractivity contribution is 7.98. The number of benzene rings is 2. The highest BCUT2D eigenvalue weighted by Gasteiger charge is 2.32. The first-order valence-electron chi connectivity index (χ1n) is 8.12. The molecule has 0 aliphatic rings. The average molecular weight is 384 g/mol. The quantitative estimate of drug-likeness (QED) is 0.526. The summed E-state index contributed by atoms with van der Waals surface area (Å²) in [7, 11) is 0. The lowest BCUT2D eigenvalue weighted by Crippen LogP contribution is -2.28. The van der Waals surface area contributed by atoms with Gasteiger partial charge in [0.25, 0.3) is 0 Å². The fourth-order valence-electron chi connectivity index (χ4n) is 2.10. The SMILES string of the molecule is CC(C)(C)SN[C@H](N)c1cc(OCc2ccccc2)cc(C(F)(F)F)c1. The van der Waals surface area contributed by atoms with E-state index in [1.54, 1.807) is 6.07 Å². The third kappa shape index (κ3) is 6.55. The molecule has 3 nitrogen and oxygen atoms in total. The highest BCUT2D eigenvalue weighted by atomic mass is 32.2. The maximum absolute atomic E-state index is 13.2. The van der Waals surface area contributed by atoms with Crippen molar-refractivity contribution in [2.24, 2.45) is 5.73 Å². The molecule has 0 fully saturated rings. The summed E-state index contributed by atoms with van der Waals surface area (Å²) in [5.41, 5.74) is 6.45. The van der Waals surface area contributed by atoms with Crippen LogP contribution >= 0.6 is 11.9 Å². The Morgan fingerprint density at radius 3 is 2.31 bits per heavy atom. The molecule has 0 saturated heterocycles. The molecule has 2 aromatic rings. The topological polar surface area (TPSA) is 47.3 Å². The number of nitrogens with two attached hydrogens (primary N) is 1. The molecule has 7 heteroatoms. The number of alkyl halides is 3. The van der Waals surface area contributed by atoms with E-state index in [-0.39, 0.29) is 17.1 Å². The van der Waals surface area contributed by atoms with Crippen LogP contribution in [0.4, 0.5) is 13.2 Å². The summed E-state index contributed by atoms with van der Waals surface area (Å²) in [5.74, 6) is 0.136. The van der Waals surface area contributed by atoms with Crippen LogP contribution in [-0.2, 0) is 12.8 Å². The summed E-state index contributed by atoms with van der Waals surface area (Å²) in [4.78, 5) is 0. The van der Waals surface area contributed by atoms with Crippen molar-refractivity contribution in [1.29, 1.82) is 0 Å². The van der Waals surface area contributed by atoms with E-state index in [0.29, 0.717) is 5.56 Å². The van der Waals surface area contributed by atoms with Crippen molar-refractivity contribution in [3.8, 4) is 5.75 Å². The molecular weight excluding hydrogens is 361 g/mol. The number of halogens is 3. The van der Waals surface area contributed by atoms with Crippen LogP contribution in [0.5, 0.6) is 5.75 Å². The summed E-state index contributed by atoms with van der Waals surface area (Å²) in [6.07, 6.45) is -5.22. The van der Waals surface area contributed by atoms with E-state index in [9.17, 15) is 13.2 Å². The Balaban J connectivity index is 2.21. The van der Waals surface area contributed by atoms with Gasteiger partial charge in [-0.1, -0.05) is 42.3 Å². The third-order valence-electron chi connectivity index (χ3n) is 3.36. The summed E-state index contributed by atoms with van der Waals surface area (Å²) < 4.78 is 48.1. The van der Waals surface area contributed by atoms with Crippen LogP contribution < -0.4 is 15.2 Å². The molecule has 0 radical (unpaired) electrons. The fraction of sp³-hybridized carbons (Fsp3) is 0.368. The van der Waals surface area contributed by atoms with Crippen LogP contribution in [0, 0.1) is 0 Å². The molecule has 2 aromatic carbocycles. The van der Waals surface area contributed by atoms with E-state index < -0.39 is 17.9 Å². The Bertz CT molecular complexity index is 715.